The summed E-state index contributed by atoms with van der Waals surface area (Å²) in [6, 6.07) is 0. The average Bonchev–Trinajstić information content (AvgIpc) is 2.04. The van der Waals surface area contributed by atoms with E-state index >= 15 is 0 Å². The third-order valence-electron chi connectivity index (χ3n) is 2.26. The highest BCUT2D eigenvalue weighted by Crippen LogP contribution is 2.13. The summed E-state index contributed by atoms with van der Waals surface area (Å²) in [5.41, 5.74) is -0.0184. The summed E-state index contributed by atoms with van der Waals surface area (Å²) >= 11 is 0. The molecule has 0 aromatic carbocycles. The van der Waals surface area contributed by atoms with Gasteiger partial charge in [-0.3, -0.25) is 5.32 Å². The molecule has 0 bridgehead atoms. The zero-order chi connectivity index (χ0) is 8.91. The molecule has 1 unspecified atom stereocenters. The number of aliphatic hydroxyl groups is 1. The van der Waals surface area contributed by atoms with Crippen LogP contribution in [-0.2, 0) is 4.74 Å². The van der Waals surface area contributed by atoms with Crippen molar-refractivity contribution in [3.8, 4) is 0 Å². The molecule has 0 aliphatic rings. The predicted molar refractivity (Wildman–Crippen MR) is 45.1 cm³/mol. The van der Waals surface area contributed by atoms with Crippen LogP contribution in [0.5, 0.6) is 0 Å². The Morgan fingerprint density at radius 2 is 1.91 bits per heavy atom. The molecule has 0 saturated heterocycles. The molecular weight excluding hydrogens is 142 g/mol. The smallest absolute Gasteiger partial charge is 0.213 e. The molecule has 0 radical (unpaired) electrons. The van der Waals surface area contributed by atoms with Gasteiger partial charge >= 0.3 is 0 Å². The topological polar surface area (TPSA) is 41.5 Å². The molecular formula is C8H19NO2. The molecule has 0 aromatic heterocycles. The summed E-state index contributed by atoms with van der Waals surface area (Å²) in [7, 11) is 1.48. The molecule has 3 nitrogen and oxygen atoms in total. The zero-order valence-corrected chi connectivity index (χ0v) is 7.85. The number of rotatable bonds is 5. The molecule has 68 valence electrons. The van der Waals surface area contributed by atoms with Crippen LogP contribution in [0.4, 0.5) is 0 Å². The zero-order valence-electron chi connectivity index (χ0n) is 7.85. The van der Waals surface area contributed by atoms with E-state index in [1.807, 2.05) is 0 Å². The first-order valence-electron chi connectivity index (χ1n) is 4.06. The lowest BCUT2D eigenvalue weighted by molar-refractivity contribution is -0.114. The van der Waals surface area contributed by atoms with E-state index in [4.69, 9.17) is 9.84 Å². The number of aliphatic hydroxyl groups excluding tert-OH is 1. The van der Waals surface area contributed by atoms with Crippen molar-refractivity contribution in [3.05, 3.63) is 0 Å². The molecule has 0 fully saturated rings. The second kappa shape index (κ2) is 4.70. The van der Waals surface area contributed by atoms with Gasteiger partial charge in [-0.05, 0) is 19.8 Å². The lowest BCUT2D eigenvalue weighted by Crippen LogP contribution is -2.48. The number of hydrogen-bond donors (Lipinski definition) is 2. The Hall–Kier alpha value is -0.120. The molecule has 2 N–H and O–H groups in total. The number of hydrogen-bond acceptors (Lipinski definition) is 3. The van der Waals surface area contributed by atoms with Gasteiger partial charge in [0.2, 0.25) is 6.41 Å². The van der Waals surface area contributed by atoms with Crippen LogP contribution in [-0.4, -0.2) is 24.2 Å². The minimum absolute atomic E-state index is 0.0184. The van der Waals surface area contributed by atoms with Crippen molar-refractivity contribution in [2.45, 2.75) is 45.6 Å². The van der Waals surface area contributed by atoms with Gasteiger partial charge in [0.15, 0.2) is 0 Å². The Balaban J connectivity index is 3.86. The van der Waals surface area contributed by atoms with Crippen LogP contribution in [0.1, 0.15) is 33.6 Å². The first-order chi connectivity index (χ1) is 5.08. The van der Waals surface area contributed by atoms with Crippen molar-refractivity contribution in [1.82, 2.24) is 5.32 Å². The Morgan fingerprint density at radius 3 is 2.18 bits per heavy atom. The molecule has 0 heterocycles. The van der Waals surface area contributed by atoms with Gasteiger partial charge < -0.3 is 9.84 Å². The summed E-state index contributed by atoms with van der Waals surface area (Å²) in [4.78, 5) is 0. The third-order valence-corrected chi connectivity index (χ3v) is 2.26. The van der Waals surface area contributed by atoms with E-state index in [2.05, 4.69) is 26.1 Å². The van der Waals surface area contributed by atoms with Crippen LogP contribution < -0.4 is 5.32 Å². The van der Waals surface area contributed by atoms with Crippen molar-refractivity contribution < 1.29 is 9.84 Å². The number of nitrogens with one attached hydrogen (secondary N) is 1. The summed E-state index contributed by atoms with van der Waals surface area (Å²) < 4.78 is 4.69. The van der Waals surface area contributed by atoms with Crippen molar-refractivity contribution in [2.24, 2.45) is 0 Å². The van der Waals surface area contributed by atoms with Crippen LogP contribution in [0.2, 0.25) is 0 Å². The van der Waals surface area contributed by atoms with Gasteiger partial charge in [-0.1, -0.05) is 13.8 Å². The van der Waals surface area contributed by atoms with E-state index < -0.39 is 6.41 Å². The van der Waals surface area contributed by atoms with Crippen molar-refractivity contribution in [2.75, 3.05) is 7.11 Å². The maximum atomic E-state index is 9.12. The highest BCUT2D eigenvalue weighted by molar-refractivity contribution is 4.78. The first kappa shape index (κ1) is 10.9. The third kappa shape index (κ3) is 3.70. The fraction of sp³-hybridized carbons (Fsp3) is 1.00. The van der Waals surface area contributed by atoms with Crippen molar-refractivity contribution >= 4 is 0 Å². The van der Waals surface area contributed by atoms with Gasteiger partial charge in [0.25, 0.3) is 0 Å². The molecule has 0 spiro atoms. The summed E-state index contributed by atoms with van der Waals surface area (Å²) in [5, 5.41) is 12.1. The monoisotopic (exact) mass is 161 g/mol. The van der Waals surface area contributed by atoms with E-state index in [0.29, 0.717) is 0 Å². The summed E-state index contributed by atoms with van der Waals surface area (Å²) in [5.74, 6) is 0. The van der Waals surface area contributed by atoms with Gasteiger partial charge in [0.05, 0.1) is 0 Å². The largest absolute Gasteiger partial charge is 0.356 e. The predicted octanol–water partition coefficient (Wildman–Crippen LogP) is 1.08. The van der Waals surface area contributed by atoms with Crippen LogP contribution >= 0.6 is 0 Å². The number of methoxy groups -OCH3 is 1. The van der Waals surface area contributed by atoms with Crippen molar-refractivity contribution in [3.63, 3.8) is 0 Å². The van der Waals surface area contributed by atoms with E-state index in [1.165, 1.54) is 7.11 Å². The molecule has 0 rings (SSSR count). The van der Waals surface area contributed by atoms with Crippen LogP contribution in [0.25, 0.3) is 0 Å². The van der Waals surface area contributed by atoms with Crippen LogP contribution in [0.3, 0.4) is 0 Å². The quantitative estimate of drug-likeness (QED) is 0.593. The molecule has 0 saturated carbocycles. The second-order valence-electron chi connectivity index (χ2n) is 3.00. The highest BCUT2D eigenvalue weighted by atomic mass is 16.6. The Kier molecular flexibility index (Phi) is 4.65. The maximum Gasteiger partial charge on any atom is 0.213 e. The van der Waals surface area contributed by atoms with Gasteiger partial charge in [0.1, 0.15) is 0 Å². The Bertz CT molecular complexity index is 102. The fourth-order valence-corrected chi connectivity index (χ4v) is 0.811. The molecule has 0 aliphatic heterocycles. The van der Waals surface area contributed by atoms with E-state index in [-0.39, 0.29) is 5.54 Å². The number of ether oxygens (including phenoxy) is 1. The van der Waals surface area contributed by atoms with E-state index in [0.717, 1.165) is 12.8 Å². The minimum atomic E-state index is -0.847. The Labute approximate surface area is 68.8 Å². The van der Waals surface area contributed by atoms with E-state index in [9.17, 15) is 0 Å². The molecule has 1 atom stereocenters. The molecule has 11 heavy (non-hydrogen) atoms. The molecule has 3 heteroatoms. The van der Waals surface area contributed by atoms with Gasteiger partial charge in [-0.2, -0.15) is 0 Å². The fourth-order valence-electron chi connectivity index (χ4n) is 0.811. The Morgan fingerprint density at radius 1 is 1.45 bits per heavy atom. The average molecular weight is 161 g/mol. The van der Waals surface area contributed by atoms with Gasteiger partial charge in [-0.25, -0.2) is 0 Å². The SMILES string of the molecule is CCC(C)(CC)NC(O)OC. The molecule has 0 aliphatic carbocycles. The second-order valence-corrected chi connectivity index (χ2v) is 3.00. The lowest BCUT2D eigenvalue weighted by Gasteiger charge is -2.30. The normalized spacial score (nSPS) is 15.0. The van der Waals surface area contributed by atoms with Gasteiger partial charge in [0, 0.05) is 12.6 Å². The highest BCUT2D eigenvalue weighted by Gasteiger charge is 2.21. The minimum Gasteiger partial charge on any atom is -0.356 e. The van der Waals surface area contributed by atoms with Crippen LogP contribution in [0, 0.1) is 0 Å². The van der Waals surface area contributed by atoms with Gasteiger partial charge in [-0.15, -0.1) is 0 Å². The van der Waals surface area contributed by atoms with E-state index in [1.54, 1.807) is 0 Å². The van der Waals surface area contributed by atoms with Crippen LogP contribution in [0.15, 0.2) is 0 Å². The standard InChI is InChI=1S/C8H19NO2/c1-5-8(3,6-2)9-7(10)11-4/h7,9-10H,5-6H2,1-4H3. The maximum absolute atomic E-state index is 9.12. The lowest BCUT2D eigenvalue weighted by atomic mass is 9.96. The molecule has 0 amide bonds. The van der Waals surface area contributed by atoms with Crippen molar-refractivity contribution in [1.29, 1.82) is 0 Å². The molecule has 0 aromatic rings. The summed E-state index contributed by atoms with van der Waals surface area (Å²) in [6.45, 7) is 6.23. The first-order valence-corrected chi connectivity index (χ1v) is 4.06. The summed E-state index contributed by atoms with van der Waals surface area (Å²) in [6.07, 6.45) is 1.10.